The second-order valence-electron chi connectivity index (χ2n) is 3.07. The van der Waals surface area contributed by atoms with Crippen molar-refractivity contribution in [2.24, 2.45) is 0 Å². The maximum atomic E-state index is 8.81. The molecule has 70 valence electrons. The van der Waals surface area contributed by atoms with Crippen molar-refractivity contribution in [1.29, 1.82) is 0 Å². The van der Waals surface area contributed by atoms with E-state index in [-0.39, 0.29) is 6.10 Å². The van der Waals surface area contributed by atoms with Crippen LogP contribution >= 0.6 is 11.3 Å². The molecule has 1 aliphatic rings. The van der Waals surface area contributed by atoms with E-state index in [1.807, 2.05) is 0 Å². The van der Waals surface area contributed by atoms with Crippen LogP contribution in [0.3, 0.4) is 0 Å². The van der Waals surface area contributed by atoms with Crippen LogP contribution in [-0.4, -0.2) is 28.3 Å². The number of thiazole rings is 1. The Kier molecular flexibility index (Phi) is 2.52. The highest BCUT2D eigenvalue weighted by atomic mass is 32.1. The Morgan fingerprint density at radius 2 is 2.31 bits per heavy atom. The van der Waals surface area contributed by atoms with Gasteiger partial charge in [0, 0.05) is 6.20 Å². The maximum absolute atomic E-state index is 8.81. The fourth-order valence-electron chi connectivity index (χ4n) is 1.07. The van der Waals surface area contributed by atoms with Crippen LogP contribution in [0.1, 0.15) is 19.3 Å². The summed E-state index contributed by atoms with van der Waals surface area (Å²) in [5.74, 6) is 0. The van der Waals surface area contributed by atoms with E-state index in [1.165, 1.54) is 24.0 Å². The van der Waals surface area contributed by atoms with E-state index >= 15 is 0 Å². The van der Waals surface area contributed by atoms with Crippen molar-refractivity contribution in [2.75, 3.05) is 0 Å². The number of hydrogen-bond donors (Lipinski definition) is 2. The summed E-state index contributed by atoms with van der Waals surface area (Å²) < 4.78 is 5.89. The Morgan fingerprint density at radius 1 is 1.54 bits per heavy atom. The van der Waals surface area contributed by atoms with Crippen molar-refractivity contribution in [3.8, 4) is 5.19 Å². The molecule has 13 heavy (non-hydrogen) atoms. The van der Waals surface area contributed by atoms with Crippen LogP contribution in [0, 0.1) is 0 Å². The van der Waals surface area contributed by atoms with Gasteiger partial charge >= 0.3 is 7.12 Å². The zero-order valence-electron chi connectivity index (χ0n) is 7.01. The lowest BCUT2D eigenvalue weighted by atomic mass is 9.91. The third-order valence-electron chi connectivity index (χ3n) is 2.08. The van der Waals surface area contributed by atoms with Crippen molar-refractivity contribution in [3.63, 3.8) is 0 Å². The molecule has 0 unspecified atom stereocenters. The lowest BCUT2D eigenvalue weighted by Crippen LogP contribution is -2.26. The summed E-state index contributed by atoms with van der Waals surface area (Å²) >= 11 is 1.19. The summed E-state index contributed by atoms with van der Waals surface area (Å²) in [7, 11) is -1.43. The van der Waals surface area contributed by atoms with E-state index in [2.05, 4.69) is 4.98 Å². The Labute approximate surface area is 80.3 Å². The first kappa shape index (κ1) is 8.99. The van der Waals surface area contributed by atoms with Gasteiger partial charge in [-0.3, -0.25) is 0 Å². The molecular weight excluding hydrogens is 189 g/mol. The van der Waals surface area contributed by atoms with E-state index in [0.717, 1.165) is 12.8 Å². The van der Waals surface area contributed by atoms with E-state index in [1.54, 1.807) is 0 Å². The first-order valence-electron chi connectivity index (χ1n) is 4.24. The van der Waals surface area contributed by atoms with Crippen LogP contribution in [0.5, 0.6) is 5.19 Å². The molecule has 0 amide bonds. The van der Waals surface area contributed by atoms with Crippen LogP contribution in [0.15, 0.2) is 6.20 Å². The summed E-state index contributed by atoms with van der Waals surface area (Å²) in [5.41, 5.74) is 0. The highest BCUT2D eigenvalue weighted by Gasteiger charge is 2.22. The van der Waals surface area contributed by atoms with Crippen LogP contribution in [0.4, 0.5) is 0 Å². The summed E-state index contributed by atoms with van der Waals surface area (Å²) in [6.07, 6.45) is 5.09. The third kappa shape index (κ3) is 2.01. The highest BCUT2D eigenvalue weighted by molar-refractivity contribution is 7.23. The molecule has 0 radical (unpaired) electrons. The number of rotatable bonds is 3. The van der Waals surface area contributed by atoms with E-state index in [4.69, 9.17) is 14.8 Å². The van der Waals surface area contributed by atoms with Crippen LogP contribution in [0.25, 0.3) is 0 Å². The van der Waals surface area contributed by atoms with Gasteiger partial charge in [0.05, 0.1) is 4.78 Å². The van der Waals surface area contributed by atoms with Gasteiger partial charge in [-0.05, 0) is 19.3 Å². The molecule has 2 rings (SSSR count). The SMILES string of the molecule is OB(O)c1cnc(OC2CCC2)s1. The Balaban J connectivity index is 1.96. The van der Waals surface area contributed by atoms with Crippen molar-refractivity contribution in [3.05, 3.63) is 6.20 Å². The van der Waals surface area contributed by atoms with E-state index in [9.17, 15) is 0 Å². The zero-order valence-corrected chi connectivity index (χ0v) is 7.83. The van der Waals surface area contributed by atoms with Crippen LogP contribution in [-0.2, 0) is 0 Å². The number of nitrogens with zero attached hydrogens (tertiary/aromatic N) is 1. The Bertz CT molecular complexity index is 287. The molecule has 0 spiro atoms. The first-order chi connectivity index (χ1) is 6.25. The molecule has 4 nitrogen and oxygen atoms in total. The molecule has 1 fully saturated rings. The minimum atomic E-state index is -1.43. The lowest BCUT2D eigenvalue weighted by Gasteiger charge is -2.24. The van der Waals surface area contributed by atoms with Gasteiger partial charge in [0.1, 0.15) is 6.10 Å². The molecule has 6 heteroatoms. The van der Waals surface area contributed by atoms with E-state index in [0.29, 0.717) is 9.97 Å². The molecule has 0 aliphatic heterocycles. The number of hydrogen-bond acceptors (Lipinski definition) is 5. The average Bonchev–Trinajstić information content (AvgIpc) is 2.44. The molecule has 1 saturated carbocycles. The standard InChI is InChI=1S/C7H10BNO3S/c10-8(11)6-4-9-7(13-6)12-5-2-1-3-5/h4-5,10-11H,1-3H2. The van der Waals surface area contributed by atoms with Crippen molar-refractivity contribution < 1.29 is 14.8 Å². The molecule has 0 atom stereocenters. The van der Waals surface area contributed by atoms with Gasteiger partial charge in [0.25, 0.3) is 5.19 Å². The fraction of sp³-hybridized carbons (Fsp3) is 0.571. The molecule has 2 N–H and O–H groups in total. The second kappa shape index (κ2) is 3.65. The zero-order chi connectivity index (χ0) is 9.26. The Morgan fingerprint density at radius 3 is 2.77 bits per heavy atom. The number of ether oxygens (including phenoxy) is 1. The summed E-state index contributed by atoms with van der Waals surface area (Å²) in [4.78, 5) is 3.94. The van der Waals surface area contributed by atoms with Gasteiger partial charge in [-0.2, -0.15) is 0 Å². The normalized spacial score (nSPS) is 16.8. The first-order valence-corrected chi connectivity index (χ1v) is 5.06. The van der Waals surface area contributed by atoms with Gasteiger partial charge in [0.15, 0.2) is 0 Å². The van der Waals surface area contributed by atoms with Gasteiger partial charge in [-0.25, -0.2) is 4.98 Å². The van der Waals surface area contributed by atoms with Crippen molar-refractivity contribution in [2.45, 2.75) is 25.4 Å². The molecule has 1 aliphatic carbocycles. The Hall–Kier alpha value is -0.585. The van der Waals surface area contributed by atoms with E-state index < -0.39 is 7.12 Å². The third-order valence-corrected chi connectivity index (χ3v) is 3.00. The average molecular weight is 199 g/mol. The van der Waals surface area contributed by atoms with Crippen LogP contribution < -0.4 is 9.51 Å². The van der Waals surface area contributed by atoms with Crippen LogP contribution in [0.2, 0.25) is 0 Å². The molecule has 0 saturated heterocycles. The number of aromatic nitrogens is 1. The molecule has 1 aromatic heterocycles. The van der Waals surface area contributed by atoms with Gasteiger partial charge < -0.3 is 14.8 Å². The molecule has 1 heterocycles. The molecule has 1 aromatic rings. The summed E-state index contributed by atoms with van der Waals surface area (Å²) in [5, 5.41) is 18.2. The summed E-state index contributed by atoms with van der Waals surface area (Å²) in [6.45, 7) is 0. The predicted molar refractivity (Wildman–Crippen MR) is 50.2 cm³/mol. The van der Waals surface area contributed by atoms with Crippen molar-refractivity contribution >= 4 is 23.2 Å². The fourth-order valence-corrected chi connectivity index (χ4v) is 1.78. The highest BCUT2D eigenvalue weighted by Crippen LogP contribution is 2.25. The van der Waals surface area contributed by atoms with Gasteiger partial charge in [-0.15, -0.1) is 0 Å². The van der Waals surface area contributed by atoms with Gasteiger partial charge in [0.2, 0.25) is 0 Å². The smallest absolute Gasteiger partial charge is 0.467 e. The minimum Gasteiger partial charge on any atom is -0.467 e. The van der Waals surface area contributed by atoms with Gasteiger partial charge in [-0.1, -0.05) is 11.3 Å². The minimum absolute atomic E-state index is 0.287. The summed E-state index contributed by atoms with van der Waals surface area (Å²) in [6, 6.07) is 0. The quantitative estimate of drug-likeness (QED) is 0.659. The largest absolute Gasteiger partial charge is 0.500 e. The maximum Gasteiger partial charge on any atom is 0.500 e. The molecule has 0 bridgehead atoms. The van der Waals surface area contributed by atoms with Crippen molar-refractivity contribution in [1.82, 2.24) is 4.98 Å². The second-order valence-corrected chi connectivity index (χ2v) is 4.10. The monoisotopic (exact) mass is 199 g/mol. The molecule has 0 aromatic carbocycles. The topological polar surface area (TPSA) is 62.6 Å². The lowest BCUT2D eigenvalue weighted by molar-refractivity contribution is 0.120. The molecular formula is C7H10BNO3S. The predicted octanol–water partition coefficient (Wildman–Crippen LogP) is -0.246.